The molecule has 0 bridgehead atoms. The van der Waals surface area contributed by atoms with Crippen LogP contribution in [0.1, 0.15) is 24.3 Å². The van der Waals surface area contributed by atoms with Gasteiger partial charge in [0.15, 0.2) is 6.54 Å². The molecule has 1 aliphatic rings. The Balaban J connectivity index is 1.83. The van der Waals surface area contributed by atoms with E-state index >= 15 is 0 Å². The third kappa shape index (κ3) is 4.08. The van der Waals surface area contributed by atoms with Crippen molar-refractivity contribution >= 4 is 44.4 Å². The summed E-state index contributed by atoms with van der Waals surface area (Å²) >= 11 is 3.43. The molecule has 3 rings (SSSR count). The predicted molar refractivity (Wildman–Crippen MR) is 102 cm³/mol. The van der Waals surface area contributed by atoms with Gasteiger partial charge in [-0.1, -0.05) is 15.9 Å². The van der Waals surface area contributed by atoms with Gasteiger partial charge in [-0.25, -0.2) is 4.79 Å². The molecule has 1 aliphatic heterocycles. The van der Waals surface area contributed by atoms with E-state index in [1.807, 2.05) is 32.0 Å². The summed E-state index contributed by atoms with van der Waals surface area (Å²) in [7, 11) is 1.32. The first kappa shape index (κ1) is 18.9. The fourth-order valence-electron chi connectivity index (χ4n) is 3.49. The van der Waals surface area contributed by atoms with Crippen molar-refractivity contribution < 1.29 is 24.0 Å². The summed E-state index contributed by atoms with van der Waals surface area (Å²) in [6.07, 6.45) is 0.243. The third-order valence-electron chi connectivity index (χ3n) is 4.44. The molecule has 1 saturated heterocycles. The molecule has 0 saturated carbocycles. The van der Waals surface area contributed by atoms with Gasteiger partial charge in [-0.05, 0) is 32.0 Å². The first-order valence-corrected chi connectivity index (χ1v) is 9.35. The Labute approximate surface area is 160 Å². The van der Waals surface area contributed by atoms with Crippen LogP contribution in [-0.2, 0) is 14.3 Å². The number of halogens is 1. The van der Waals surface area contributed by atoms with Crippen LogP contribution in [0.3, 0.4) is 0 Å². The topological polar surface area (TPSA) is 84.9 Å². The minimum atomic E-state index is -0.520. The van der Waals surface area contributed by atoms with Gasteiger partial charge in [0.05, 0.1) is 12.8 Å². The number of ether oxygens (including phenoxy) is 2. The summed E-state index contributed by atoms with van der Waals surface area (Å²) < 4.78 is 11.4. The molecule has 7 nitrogen and oxygen atoms in total. The lowest BCUT2D eigenvalue weighted by Gasteiger charge is -2.31. The van der Waals surface area contributed by atoms with Crippen LogP contribution >= 0.6 is 15.9 Å². The highest BCUT2D eigenvalue weighted by molar-refractivity contribution is 9.10. The molecule has 1 aromatic carbocycles. The van der Waals surface area contributed by atoms with Crippen LogP contribution < -0.4 is 10.2 Å². The summed E-state index contributed by atoms with van der Waals surface area (Å²) in [6.45, 7) is 5.90. The number of hydrogen-bond acceptors (Lipinski definition) is 4. The van der Waals surface area contributed by atoms with Gasteiger partial charge in [0.1, 0.15) is 31.0 Å². The predicted octanol–water partition coefficient (Wildman–Crippen LogP) is 1.35. The summed E-state index contributed by atoms with van der Waals surface area (Å²) in [5.74, 6) is -0.666. The number of esters is 1. The van der Waals surface area contributed by atoms with Crippen LogP contribution in [0.4, 0.5) is 5.69 Å². The van der Waals surface area contributed by atoms with Crippen LogP contribution in [0.5, 0.6) is 0 Å². The highest BCUT2D eigenvalue weighted by Crippen LogP contribution is 2.30. The molecular formula is C18H23BrN3O4+. The number of quaternary nitrogens is 1. The number of aromatic amines is 1. The third-order valence-corrected chi connectivity index (χ3v) is 4.94. The van der Waals surface area contributed by atoms with Crippen molar-refractivity contribution in [3.63, 3.8) is 0 Å². The van der Waals surface area contributed by atoms with Crippen molar-refractivity contribution in [2.24, 2.45) is 0 Å². The van der Waals surface area contributed by atoms with Crippen molar-refractivity contribution in [2.75, 3.05) is 32.1 Å². The average molecular weight is 425 g/mol. The van der Waals surface area contributed by atoms with E-state index in [1.54, 1.807) is 0 Å². The summed E-state index contributed by atoms with van der Waals surface area (Å²) in [6, 6.07) is 5.57. The number of carbonyl (C=O) groups is 2. The standard InChI is InChI=1S/C18H22BrN3O4/c1-10-7-22(8-11(2)26-10)9-15(23)21-16-13-6-12(19)4-5-14(13)20-17(16)18(24)25-3/h4-6,10-11,20H,7-9H2,1-3H3,(H,21,23)/p+1/t10-,11-/m1/s1. The number of fused-ring (bicyclic) bond motifs is 1. The van der Waals surface area contributed by atoms with E-state index in [9.17, 15) is 9.59 Å². The molecule has 140 valence electrons. The van der Waals surface area contributed by atoms with Gasteiger partial charge in [0, 0.05) is 15.4 Å². The maximum absolute atomic E-state index is 12.6. The van der Waals surface area contributed by atoms with Crippen molar-refractivity contribution in [3.05, 3.63) is 28.4 Å². The van der Waals surface area contributed by atoms with E-state index in [4.69, 9.17) is 9.47 Å². The lowest BCUT2D eigenvalue weighted by atomic mass is 10.2. The Morgan fingerprint density at radius 3 is 2.69 bits per heavy atom. The van der Waals surface area contributed by atoms with E-state index in [0.717, 1.165) is 33.4 Å². The highest BCUT2D eigenvalue weighted by Gasteiger charge is 2.28. The Morgan fingerprint density at radius 2 is 2.04 bits per heavy atom. The van der Waals surface area contributed by atoms with Gasteiger partial charge in [-0.15, -0.1) is 0 Å². The summed E-state index contributed by atoms with van der Waals surface area (Å²) in [5, 5.41) is 3.66. The molecule has 2 atom stereocenters. The number of H-pyrrole nitrogens is 1. The van der Waals surface area contributed by atoms with Crippen molar-refractivity contribution in [1.29, 1.82) is 0 Å². The molecular weight excluding hydrogens is 402 g/mol. The molecule has 26 heavy (non-hydrogen) atoms. The lowest BCUT2D eigenvalue weighted by molar-refractivity contribution is -0.907. The van der Waals surface area contributed by atoms with Crippen molar-refractivity contribution in [1.82, 2.24) is 4.98 Å². The number of carbonyl (C=O) groups excluding carboxylic acids is 2. The van der Waals surface area contributed by atoms with Gasteiger partial charge in [0.2, 0.25) is 0 Å². The second-order valence-electron chi connectivity index (χ2n) is 6.70. The minimum Gasteiger partial charge on any atom is -0.464 e. The normalized spacial score (nSPS) is 23.0. The summed E-state index contributed by atoms with van der Waals surface area (Å²) in [4.78, 5) is 28.9. The Morgan fingerprint density at radius 1 is 1.35 bits per heavy atom. The fourth-order valence-corrected chi connectivity index (χ4v) is 3.85. The quantitative estimate of drug-likeness (QED) is 0.646. The molecule has 2 aromatic rings. The molecule has 8 heteroatoms. The number of rotatable bonds is 4. The molecule has 1 fully saturated rings. The van der Waals surface area contributed by atoms with Gasteiger partial charge in [-0.2, -0.15) is 0 Å². The highest BCUT2D eigenvalue weighted by atomic mass is 79.9. The van der Waals surface area contributed by atoms with E-state index in [2.05, 4.69) is 26.2 Å². The fraction of sp³-hybridized carbons (Fsp3) is 0.444. The van der Waals surface area contributed by atoms with Crippen LogP contribution in [0, 0.1) is 0 Å². The van der Waals surface area contributed by atoms with Gasteiger partial charge >= 0.3 is 5.97 Å². The molecule has 0 spiro atoms. The molecule has 2 heterocycles. The number of anilines is 1. The van der Waals surface area contributed by atoms with Crippen LogP contribution in [-0.4, -0.2) is 55.8 Å². The van der Waals surface area contributed by atoms with Crippen LogP contribution in [0.2, 0.25) is 0 Å². The zero-order chi connectivity index (χ0) is 18.8. The number of morpholine rings is 1. The number of aromatic nitrogens is 1. The second-order valence-corrected chi connectivity index (χ2v) is 7.61. The van der Waals surface area contributed by atoms with E-state index < -0.39 is 5.97 Å². The van der Waals surface area contributed by atoms with E-state index in [0.29, 0.717) is 12.2 Å². The Bertz CT molecular complexity index is 825. The average Bonchev–Trinajstić information content (AvgIpc) is 2.91. The zero-order valence-corrected chi connectivity index (χ0v) is 16.6. The van der Waals surface area contributed by atoms with E-state index in [1.165, 1.54) is 7.11 Å². The first-order valence-electron chi connectivity index (χ1n) is 8.55. The Kier molecular flexibility index (Phi) is 5.64. The van der Waals surface area contributed by atoms with Gasteiger partial charge in [-0.3, -0.25) is 4.79 Å². The lowest BCUT2D eigenvalue weighted by Crippen LogP contribution is -3.16. The van der Waals surface area contributed by atoms with Crippen molar-refractivity contribution in [3.8, 4) is 0 Å². The Hall–Kier alpha value is -1.90. The molecule has 0 unspecified atom stereocenters. The maximum atomic E-state index is 12.6. The van der Waals surface area contributed by atoms with E-state index in [-0.39, 0.29) is 23.8 Å². The SMILES string of the molecule is COC(=O)c1[nH]c2ccc(Br)cc2c1NC(=O)C[NH+]1C[C@@H](C)O[C@H](C)C1. The van der Waals surface area contributed by atoms with Crippen molar-refractivity contribution in [2.45, 2.75) is 26.1 Å². The number of methoxy groups -OCH3 is 1. The van der Waals surface area contributed by atoms with Gasteiger partial charge < -0.3 is 24.7 Å². The van der Waals surface area contributed by atoms with Crippen LogP contribution in [0.25, 0.3) is 10.9 Å². The van der Waals surface area contributed by atoms with Crippen LogP contribution in [0.15, 0.2) is 22.7 Å². The molecule has 3 N–H and O–H groups in total. The number of benzene rings is 1. The monoisotopic (exact) mass is 424 g/mol. The first-order chi connectivity index (χ1) is 12.4. The molecule has 1 aromatic heterocycles. The molecule has 0 radical (unpaired) electrons. The number of amides is 1. The maximum Gasteiger partial charge on any atom is 0.356 e. The number of nitrogens with one attached hydrogen (secondary N) is 3. The van der Waals surface area contributed by atoms with Gasteiger partial charge in [0.25, 0.3) is 5.91 Å². The molecule has 0 aliphatic carbocycles. The zero-order valence-electron chi connectivity index (χ0n) is 15.0. The minimum absolute atomic E-state index is 0.122. The summed E-state index contributed by atoms with van der Waals surface area (Å²) in [5.41, 5.74) is 1.45. The largest absolute Gasteiger partial charge is 0.464 e. The number of hydrogen-bond donors (Lipinski definition) is 3. The molecule has 1 amide bonds. The second kappa shape index (κ2) is 7.77. The smallest absolute Gasteiger partial charge is 0.356 e.